The van der Waals surface area contributed by atoms with Crippen molar-refractivity contribution in [3.05, 3.63) is 28.2 Å². The van der Waals surface area contributed by atoms with E-state index in [0.717, 1.165) is 10.9 Å². The van der Waals surface area contributed by atoms with E-state index in [2.05, 4.69) is 27.2 Å². The third kappa shape index (κ3) is 3.59. The minimum absolute atomic E-state index is 0.165. The first-order chi connectivity index (χ1) is 7.65. The minimum atomic E-state index is -0.165. The number of terminal acetylenes is 1. The molecule has 0 radical (unpaired) electrons. The van der Waals surface area contributed by atoms with Gasteiger partial charge in [-0.3, -0.25) is 4.79 Å². The van der Waals surface area contributed by atoms with E-state index in [1.165, 1.54) is 0 Å². The van der Waals surface area contributed by atoms with Crippen LogP contribution < -0.4 is 11.1 Å². The molecule has 0 spiro atoms. The second-order valence-electron chi connectivity index (χ2n) is 3.30. The average molecular weight is 281 g/mol. The fourth-order valence-corrected chi connectivity index (χ4v) is 1.61. The number of hydrogen-bond donors (Lipinski definition) is 2. The van der Waals surface area contributed by atoms with Crippen LogP contribution >= 0.6 is 15.9 Å². The van der Waals surface area contributed by atoms with Crippen LogP contribution in [0.3, 0.4) is 0 Å². The maximum absolute atomic E-state index is 11.7. The molecule has 0 bridgehead atoms. The minimum Gasteiger partial charge on any atom is -0.398 e. The maximum Gasteiger partial charge on any atom is 0.253 e. The molecule has 0 aliphatic heterocycles. The molecule has 0 aliphatic carbocycles. The number of nitrogens with one attached hydrogen (secondary N) is 1. The first-order valence-corrected chi connectivity index (χ1v) is 5.71. The summed E-state index contributed by atoms with van der Waals surface area (Å²) in [6.07, 6.45) is 6.55. The zero-order chi connectivity index (χ0) is 12.0. The Balaban J connectivity index is 2.57. The average Bonchev–Trinajstić information content (AvgIpc) is 2.24. The van der Waals surface area contributed by atoms with Gasteiger partial charge in [0.25, 0.3) is 5.91 Å². The number of carbonyl (C=O) groups excluding carboxylic acids is 1. The van der Waals surface area contributed by atoms with E-state index in [1.54, 1.807) is 18.2 Å². The highest BCUT2D eigenvalue weighted by atomic mass is 79.9. The van der Waals surface area contributed by atoms with Crippen LogP contribution in [0.25, 0.3) is 0 Å². The molecule has 1 aromatic rings. The molecule has 0 saturated heterocycles. The molecule has 0 heterocycles. The standard InChI is InChI=1S/C12H13BrN2O/c1-2-3-4-7-15-12(16)10-6-5-9(13)8-11(10)14/h1,5-6,8H,3-4,7,14H2,(H,15,16). The van der Waals surface area contributed by atoms with Gasteiger partial charge in [0.1, 0.15) is 0 Å². The van der Waals surface area contributed by atoms with Crippen LogP contribution in [0, 0.1) is 12.3 Å². The zero-order valence-electron chi connectivity index (χ0n) is 8.79. The summed E-state index contributed by atoms with van der Waals surface area (Å²) in [5.41, 5.74) is 6.68. The van der Waals surface area contributed by atoms with E-state index < -0.39 is 0 Å². The molecule has 0 fully saturated rings. The summed E-state index contributed by atoms with van der Waals surface area (Å²) >= 11 is 3.28. The van der Waals surface area contributed by atoms with Crippen molar-refractivity contribution in [2.75, 3.05) is 12.3 Å². The number of hydrogen-bond acceptors (Lipinski definition) is 2. The van der Waals surface area contributed by atoms with Crippen molar-refractivity contribution in [3.63, 3.8) is 0 Å². The summed E-state index contributed by atoms with van der Waals surface area (Å²) in [5.74, 6) is 2.35. The summed E-state index contributed by atoms with van der Waals surface area (Å²) in [6, 6.07) is 5.18. The van der Waals surface area contributed by atoms with Crippen LogP contribution in [0.2, 0.25) is 0 Å². The normalized spacial score (nSPS) is 9.50. The quantitative estimate of drug-likeness (QED) is 0.505. The van der Waals surface area contributed by atoms with Crippen LogP contribution in [-0.4, -0.2) is 12.5 Å². The van der Waals surface area contributed by atoms with Crippen molar-refractivity contribution in [2.24, 2.45) is 0 Å². The van der Waals surface area contributed by atoms with Gasteiger partial charge in [-0.25, -0.2) is 0 Å². The van der Waals surface area contributed by atoms with Crippen LogP contribution in [0.4, 0.5) is 5.69 Å². The third-order valence-corrected chi connectivity index (χ3v) is 2.53. The second-order valence-corrected chi connectivity index (χ2v) is 4.21. The topological polar surface area (TPSA) is 55.1 Å². The molecule has 0 atom stereocenters. The molecule has 0 aliphatic rings. The van der Waals surface area contributed by atoms with Crippen molar-refractivity contribution >= 4 is 27.5 Å². The first kappa shape index (κ1) is 12.6. The molecule has 0 saturated carbocycles. The molecule has 4 heteroatoms. The SMILES string of the molecule is C#CCCCNC(=O)c1ccc(Br)cc1N. The molecule has 3 nitrogen and oxygen atoms in total. The van der Waals surface area contributed by atoms with Crippen LogP contribution in [-0.2, 0) is 0 Å². The van der Waals surface area contributed by atoms with E-state index in [4.69, 9.17) is 12.2 Å². The Bertz CT molecular complexity index is 424. The van der Waals surface area contributed by atoms with Gasteiger partial charge in [-0.2, -0.15) is 0 Å². The third-order valence-electron chi connectivity index (χ3n) is 2.04. The Hall–Kier alpha value is -1.47. The number of nitrogen functional groups attached to an aromatic ring is 1. The number of carbonyl (C=O) groups is 1. The molecule has 0 aromatic heterocycles. The molecule has 84 valence electrons. The lowest BCUT2D eigenvalue weighted by Crippen LogP contribution is -2.25. The Morgan fingerprint density at radius 2 is 2.31 bits per heavy atom. The van der Waals surface area contributed by atoms with Gasteiger partial charge in [-0.05, 0) is 24.6 Å². The largest absolute Gasteiger partial charge is 0.398 e. The van der Waals surface area contributed by atoms with E-state index in [0.29, 0.717) is 24.2 Å². The second kappa shape index (κ2) is 6.19. The summed E-state index contributed by atoms with van der Waals surface area (Å²) in [7, 11) is 0. The molecular formula is C12H13BrN2O. The number of anilines is 1. The predicted molar refractivity (Wildman–Crippen MR) is 69.0 cm³/mol. The van der Waals surface area contributed by atoms with Gasteiger partial charge in [0, 0.05) is 23.1 Å². The lowest BCUT2D eigenvalue weighted by molar-refractivity contribution is 0.0954. The van der Waals surface area contributed by atoms with Crippen LogP contribution in [0.15, 0.2) is 22.7 Å². The number of unbranched alkanes of at least 4 members (excludes halogenated alkanes) is 1. The predicted octanol–water partition coefficient (Wildman–Crippen LogP) is 2.17. The van der Waals surface area contributed by atoms with Crippen LogP contribution in [0.5, 0.6) is 0 Å². The van der Waals surface area contributed by atoms with Gasteiger partial charge >= 0.3 is 0 Å². The molecule has 1 amide bonds. The van der Waals surface area contributed by atoms with Crippen LogP contribution in [0.1, 0.15) is 23.2 Å². The number of nitrogens with two attached hydrogens (primary N) is 1. The highest BCUT2D eigenvalue weighted by Crippen LogP contribution is 2.18. The van der Waals surface area contributed by atoms with Gasteiger partial charge < -0.3 is 11.1 Å². The monoisotopic (exact) mass is 280 g/mol. The highest BCUT2D eigenvalue weighted by Gasteiger charge is 2.08. The Morgan fingerprint density at radius 1 is 1.56 bits per heavy atom. The number of benzene rings is 1. The summed E-state index contributed by atoms with van der Waals surface area (Å²) in [4.78, 5) is 11.7. The fraction of sp³-hybridized carbons (Fsp3) is 0.250. The number of rotatable bonds is 4. The molecular weight excluding hydrogens is 268 g/mol. The lowest BCUT2D eigenvalue weighted by atomic mass is 10.1. The van der Waals surface area contributed by atoms with Crippen molar-refractivity contribution in [3.8, 4) is 12.3 Å². The maximum atomic E-state index is 11.7. The lowest BCUT2D eigenvalue weighted by Gasteiger charge is -2.06. The van der Waals surface area contributed by atoms with Gasteiger partial charge in [0.05, 0.1) is 5.56 Å². The molecule has 1 aromatic carbocycles. The number of halogens is 1. The van der Waals surface area contributed by atoms with Gasteiger partial charge in [-0.15, -0.1) is 12.3 Å². The van der Waals surface area contributed by atoms with Crippen molar-refractivity contribution in [1.82, 2.24) is 5.32 Å². The molecule has 3 N–H and O–H groups in total. The molecule has 1 rings (SSSR count). The molecule has 0 unspecified atom stereocenters. The molecule has 16 heavy (non-hydrogen) atoms. The zero-order valence-corrected chi connectivity index (χ0v) is 10.4. The highest BCUT2D eigenvalue weighted by molar-refractivity contribution is 9.10. The van der Waals surface area contributed by atoms with Crippen molar-refractivity contribution in [2.45, 2.75) is 12.8 Å². The first-order valence-electron chi connectivity index (χ1n) is 4.92. The van der Waals surface area contributed by atoms with E-state index in [1.807, 2.05) is 0 Å². The van der Waals surface area contributed by atoms with Crippen molar-refractivity contribution < 1.29 is 4.79 Å². The van der Waals surface area contributed by atoms with E-state index in [-0.39, 0.29) is 5.91 Å². The van der Waals surface area contributed by atoms with Gasteiger partial charge in [0.15, 0.2) is 0 Å². The Kier molecular flexibility index (Phi) is 4.87. The van der Waals surface area contributed by atoms with Gasteiger partial charge in [-0.1, -0.05) is 15.9 Å². The smallest absolute Gasteiger partial charge is 0.253 e. The Labute approximate surface area is 104 Å². The summed E-state index contributed by atoms with van der Waals surface area (Å²) in [5, 5.41) is 2.76. The van der Waals surface area contributed by atoms with Gasteiger partial charge in [0.2, 0.25) is 0 Å². The Morgan fingerprint density at radius 3 is 2.94 bits per heavy atom. The number of amides is 1. The fourth-order valence-electron chi connectivity index (χ4n) is 1.23. The summed E-state index contributed by atoms with van der Waals surface area (Å²) in [6.45, 7) is 0.568. The van der Waals surface area contributed by atoms with E-state index >= 15 is 0 Å². The van der Waals surface area contributed by atoms with E-state index in [9.17, 15) is 4.79 Å². The summed E-state index contributed by atoms with van der Waals surface area (Å²) < 4.78 is 0.855. The van der Waals surface area contributed by atoms with Crippen molar-refractivity contribution in [1.29, 1.82) is 0 Å².